The first kappa shape index (κ1) is 17.3. The van der Waals surface area contributed by atoms with E-state index in [1.165, 1.54) is 69.8 Å². The number of benzene rings is 1. The summed E-state index contributed by atoms with van der Waals surface area (Å²) >= 11 is 0. The largest absolute Gasteiger partial charge is 0.398 e. The van der Waals surface area contributed by atoms with Gasteiger partial charge in [0.15, 0.2) is 0 Å². The van der Waals surface area contributed by atoms with Crippen molar-refractivity contribution >= 4 is 5.69 Å². The summed E-state index contributed by atoms with van der Waals surface area (Å²) in [5.41, 5.74) is 8.31. The van der Waals surface area contributed by atoms with Crippen LogP contribution < -0.4 is 5.73 Å². The molecule has 2 fully saturated rings. The molecule has 2 aliphatic carbocycles. The fraction of sp³-hybridized carbons (Fsp3) is 0.700. The maximum absolute atomic E-state index is 9.18. The Bertz CT molecular complexity index is 417. The van der Waals surface area contributed by atoms with E-state index in [-0.39, 0.29) is 6.10 Å². The molecule has 2 aliphatic rings. The lowest BCUT2D eigenvalue weighted by Crippen LogP contribution is -2.19. The Morgan fingerprint density at radius 2 is 1.45 bits per heavy atom. The predicted molar refractivity (Wildman–Crippen MR) is 94.9 cm³/mol. The van der Waals surface area contributed by atoms with E-state index in [2.05, 4.69) is 12.1 Å². The van der Waals surface area contributed by atoms with Gasteiger partial charge in [0.05, 0.1) is 6.10 Å². The van der Waals surface area contributed by atoms with E-state index in [0.717, 1.165) is 11.6 Å². The van der Waals surface area contributed by atoms with Gasteiger partial charge in [-0.1, -0.05) is 56.7 Å². The van der Waals surface area contributed by atoms with Crippen LogP contribution in [0.2, 0.25) is 0 Å². The van der Waals surface area contributed by atoms with Crippen molar-refractivity contribution in [2.75, 3.05) is 5.73 Å². The number of para-hydroxylation sites is 1. The SMILES string of the molecule is C[C@@H](O)C1CCCCC1.Nc1ccccc1C1CCCCC1. The number of nitrogen functional groups attached to an aromatic ring is 1. The highest BCUT2D eigenvalue weighted by Crippen LogP contribution is 2.35. The molecule has 0 unspecified atom stereocenters. The van der Waals surface area contributed by atoms with Crippen LogP contribution >= 0.6 is 0 Å². The molecule has 1 atom stereocenters. The van der Waals surface area contributed by atoms with Crippen LogP contribution in [0.5, 0.6) is 0 Å². The molecule has 0 saturated heterocycles. The molecular weight excluding hydrogens is 270 g/mol. The van der Waals surface area contributed by atoms with E-state index in [1.807, 2.05) is 19.1 Å². The third kappa shape index (κ3) is 5.31. The number of hydrogen-bond acceptors (Lipinski definition) is 2. The second kappa shape index (κ2) is 9.19. The van der Waals surface area contributed by atoms with E-state index in [1.54, 1.807) is 0 Å². The maximum atomic E-state index is 9.18. The summed E-state index contributed by atoms with van der Waals surface area (Å²) in [6.45, 7) is 1.91. The van der Waals surface area contributed by atoms with Gasteiger partial charge in [-0.05, 0) is 56.1 Å². The van der Waals surface area contributed by atoms with Crippen LogP contribution in [0.3, 0.4) is 0 Å². The maximum Gasteiger partial charge on any atom is 0.0540 e. The number of aliphatic hydroxyl groups is 1. The van der Waals surface area contributed by atoms with Gasteiger partial charge in [0.25, 0.3) is 0 Å². The molecule has 0 aliphatic heterocycles. The first-order chi connectivity index (χ1) is 10.7. The van der Waals surface area contributed by atoms with E-state index < -0.39 is 0 Å². The van der Waals surface area contributed by atoms with Crippen molar-refractivity contribution in [3.05, 3.63) is 29.8 Å². The van der Waals surface area contributed by atoms with Crippen molar-refractivity contribution < 1.29 is 5.11 Å². The minimum atomic E-state index is -0.0645. The van der Waals surface area contributed by atoms with Crippen molar-refractivity contribution in [3.8, 4) is 0 Å². The fourth-order valence-electron chi connectivity index (χ4n) is 3.91. The summed E-state index contributed by atoms with van der Waals surface area (Å²) in [6, 6.07) is 8.32. The zero-order valence-corrected chi connectivity index (χ0v) is 14.1. The van der Waals surface area contributed by atoms with Gasteiger partial charge in [-0.15, -0.1) is 0 Å². The summed E-state index contributed by atoms with van der Waals surface area (Å²) in [7, 11) is 0. The first-order valence-corrected chi connectivity index (χ1v) is 9.21. The zero-order valence-electron chi connectivity index (χ0n) is 14.1. The average Bonchev–Trinajstić information content (AvgIpc) is 2.57. The molecule has 22 heavy (non-hydrogen) atoms. The van der Waals surface area contributed by atoms with Gasteiger partial charge in [-0.2, -0.15) is 0 Å². The molecule has 3 rings (SSSR count). The van der Waals surface area contributed by atoms with Gasteiger partial charge in [0, 0.05) is 5.69 Å². The third-order valence-corrected chi connectivity index (χ3v) is 5.37. The van der Waals surface area contributed by atoms with E-state index in [9.17, 15) is 5.11 Å². The summed E-state index contributed by atoms with van der Waals surface area (Å²) in [5, 5.41) is 9.18. The van der Waals surface area contributed by atoms with Crippen molar-refractivity contribution in [1.82, 2.24) is 0 Å². The average molecular weight is 303 g/mol. The predicted octanol–water partition coefficient (Wildman–Crippen LogP) is 5.26. The Balaban J connectivity index is 0.000000172. The van der Waals surface area contributed by atoms with Crippen molar-refractivity contribution in [3.63, 3.8) is 0 Å². The van der Waals surface area contributed by atoms with Gasteiger partial charge in [-0.3, -0.25) is 0 Å². The Kier molecular flexibility index (Phi) is 7.24. The first-order valence-electron chi connectivity index (χ1n) is 9.21. The summed E-state index contributed by atoms with van der Waals surface area (Å²) in [6.07, 6.45) is 13.3. The molecule has 0 spiro atoms. The zero-order chi connectivity index (χ0) is 15.8. The van der Waals surface area contributed by atoms with Crippen LogP contribution in [0.15, 0.2) is 24.3 Å². The molecule has 1 aromatic carbocycles. The third-order valence-electron chi connectivity index (χ3n) is 5.37. The number of aliphatic hydroxyl groups excluding tert-OH is 1. The lowest BCUT2D eigenvalue weighted by Gasteiger charge is -2.23. The monoisotopic (exact) mass is 303 g/mol. The molecule has 1 aromatic rings. The molecule has 2 saturated carbocycles. The molecule has 2 nitrogen and oxygen atoms in total. The smallest absolute Gasteiger partial charge is 0.0540 e. The summed E-state index contributed by atoms with van der Waals surface area (Å²) in [5.74, 6) is 1.34. The van der Waals surface area contributed by atoms with E-state index in [4.69, 9.17) is 5.73 Å². The molecule has 0 radical (unpaired) electrons. The summed E-state index contributed by atoms with van der Waals surface area (Å²) < 4.78 is 0. The highest BCUT2D eigenvalue weighted by atomic mass is 16.3. The highest BCUT2D eigenvalue weighted by molar-refractivity contribution is 5.48. The Morgan fingerprint density at radius 3 is 1.95 bits per heavy atom. The Labute approximate surface area is 136 Å². The van der Waals surface area contributed by atoms with Crippen LogP contribution in [0.25, 0.3) is 0 Å². The van der Waals surface area contributed by atoms with Crippen molar-refractivity contribution in [2.24, 2.45) is 5.92 Å². The molecule has 0 bridgehead atoms. The van der Waals surface area contributed by atoms with Gasteiger partial charge in [-0.25, -0.2) is 0 Å². The number of rotatable bonds is 2. The lowest BCUT2D eigenvalue weighted by molar-refractivity contribution is 0.101. The van der Waals surface area contributed by atoms with Gasteiger partial charge in [0.1, 0.15) is 0 Å². The molecule has 2 heteroatoms. The number of nitrogens with two attached hydrogens (primary N) is 1. The van der Waals surface area contributed by atoms with Crippen LogP contribution in [0, 0.1) is 5.92 Å². The molecular formula is C20H33NO. The summed E-state index contributed by atoms with van der Waals surface area (Å²) in [4.78, 5) is 0. The topological polar surface area (TPSA) is 46.2 Å². The second-order valence-electron chi connectivity index (χ2n) is 7.10. The van der Waals surface area contributed by atoms with Crippen molar-refractivity contribution in [2.45, 2.75) is 83.2 Å². The van der Waals surface area contributed by atoms with Crippen LogP contribution in [0.4, 0.5) is 5.69 Å². The molecule has 3 N–H and O–H groups in total. The Hall–Kier alpha value is -1.02. The van der Waals surface area contributed by atoms with Gasteiger partial charge < -0.3 is 10.8 Å². The molecule has 0 amide bonds. The normalized spacial score (nSPS) is 21.7. The van der Waals surface area contributed by atoms with E-state index >= 15 is 0 Å². The van der Waals surface area contributed by atoms with Crippen LogP contribution in [0.1, 0.15) is 82.6 Å². The molecule has 124 valence electrons. The number of hydrogen-bond donors (Lipinski definition) is 2. The standard InChI is InChI=1S/C12H17N.C8H16O/c13-12-9-5-4-8-11(12)10-6-2-1-3-7-10;1-7(9)8-5-3-2-4-6-8/h4-5,8-10H,1-3,6-7,13H2;7-9H,2-6H2,1H3/t;7-/m.1/s1. The molecule has 0 aromatic heterocycles. The van der Waals surface area contributed by atoms with Gasteiger partial charge in [0.2, 0.25) is 0 Å². The fourth-order valence-corrected chi connectivity index (χ4v) is 3.91. The van der Waals surface area contributed by atoms with E-state index in [0.29, 0.717) is 5.92 Å². The van der Waals surface area contributed by atoms with Gasteiger partial charge >= 0.3 is 0 Å². The Morgan fingerprint density at radius 1 is 0.909 bits per heavy atom. The quantitative estimate of drug-likeness (QED) is 0.732. The minimum absolute atomic E-state index is 0.0645. The number of anilines is 1. The van der Waals surface area contributed by atoms with Crippen LogP contribution in [-0.2, 0) is 0 Å². The minimum Gasteiger partial charge on any atom is -0.398 e. The lowest BCUT2D eigenvalue weighted by atomic mass is 9.83. The second-order valence-corrected chi connectivity index (χ2v) is 7.10. The van der Waals surface area contributed by atoms with Crippen molar-refractivity contribution in [1.29, 1.82) is 0 Å². The molecule has 0 heterocycles. The van der Waals surface area contributed by atoms with Crippen LogP contribution in [-0.4, -0.2) is 11.2 Å². The highest BCUT2D eigenvalue weighted by Gasteiger charge is 2.17.